The van der Waals surface area contributed by atoms with Crippen LogP contribution < -0.4 is 15.4 Å². The van der Waals surface area contributed by atoms with Gasteiger partial charge in [0.05, 0.1) is 34.0 Å². The molecule has 0 amide bonds. The Bertz CT molecular complexity index is 778. The van der Waals surface area contributed by atoms with Crippen LogP contribution in [0.25, 0.3) is 0 Å². The van der Waals surface area contributed by atoms with Crippen molar-refractivity contribution >= 4 is 35.9 Å². The van der Waals surface area contributed by atoms with Gasteiger partial charge >= 0.3 is 5.97 Å². The molecule has 2 N–H and O–H groups in total. The van der Waals surface area contributed by atoms with Gasteiger partial charge in [0.2, 0.25) is 0 Å². The normalized spacial score (nSPS) is 18.7. The SMILES string of the molecule is CCNC(=NCc1ccc(OC)c(C(=O)OC)c1)NCC1(N2CCOCC2)CCCCC1.I. The van der Waals surface area contributed by atoms with Gasteiger partial charge in [-0.3, -0.25) is 4.90 Å². The second kappa shape index (κ2) is 14.0. The quantitative estimate of drug-likeness (QED) is 0.214. The summed E-state index contributed by atoms with van der Waals surface area (Å²) in [7, 11) is 2.91. The van der Waals surface area contributed by atoms with Crippen LogP contribution in [-0.4, -0.2) is 76.0 Å². The Kier molecular flexibility index (Phi) is 11.7. The van der Waals surface area contributed by atoms with Gasteiger partial charge in [0.15, 0.2) is 5.96 Å². The number of morpholine rings is 1. The second-order valence-electron chi connectivity index (χ2n) is 8.46. The molecule has 33 heavy (non-hydrogen) atoms. The van der Waals surface area contributed by atoms with Crippen LogP contribution >= 0.6 is 24.0 Å². The molecule has 2 fully saturated rings. The average molecular weight is 575 g/mol. The van der Waals surface area contributed by atoms with E-state index in [0.29, 0.717) is 17.9 Å². The second-order valence-corrected chi connectivity index (χ2v) is 8.46. The predicted octanol–water partition coefficient (Wildman–Crippen LogP) is 3.19. The number of halogens is 1. The minimum Gasteiger partial charge on any atom is -0.496 e. The van der Waals surface area contributed by atoms with Crippen LogP contribution in [-0.2, 0) is 16.0 Å². The Morgan fingerprint density at radius 2 is 1.88 bits per heavy atom. The molecule has 8 nitrogen and oxygen atoms in total. The lowest BCUT2D eigenvalue weighted by atomic mass is 9.80. The molecule has 1 saturated carbocycles. The third-order valence-corrected chi connectivity index (χ3v) is 6.48. The van der Waals surface area contributed by atoms with Crippen molar-refractivity contribution in [2.45, 2.75) is 51.1 Å². The Morgan fingerprint density at radius 3 is 2.52 bits per heavy atom. The van der Waals surface area contributed by atoms with Crippen LogP contribution in [0.4, 0.5) is 0 Å². The fourth-order valence-corrected chi connectivity index (χ4v) is 4.74. The third kappa shape index (κ3) is 7.45. The zero-order chi connectivity index (χ0) is 22.8. The summed E-state index contributed by atoms with van der Waals surface area (Å²) in [5.74, 6) is 0.878. The minimum absolute atomic E-state index is 0. The van der Waals surface area contributed by atoms with Gasteiger partial charge < -0.3 is 24.8 Å². The average Bonchev–Trinajstić information content (AvgIpc) is 2.86. The molecular weight excluding hydrogens is 535 g/mol. The Balaban J connectivity index is 0.00000385. The lowest BCUT2D eigenvalue weighted by Crippen LogP contribution is -2.60. The maximum absolute atomic E-state index is 12.1. The van der Waals surface area contributed by atoms with Crippen LogP contribution in [0.15, 0.2) is 23.2 Å². The molecule has 0 unspecified atom stereocenters. The highest BCUT2D eigenvalue weighted by Gasteiger charge is 2.38. The highest BCUT2D eigenvalue weighted by Crippen LogP contribution is 2.33. The topological polar surface area (TPSA) is 84.4 Å². The first kappa shape index (κ1) is 27.7. The van der Waals surface area contributed by atoms with Gasteiger partial charge in [0.1, 0.15) is 11.3 Å². The van der Waals surface area contributed by atoms with Crippen LogP contribution in [0, 0.1) is 0 Å². The summed E-state index contributed by atoms with van der Waals surface area (Å²) in [5.41, 5.74) is 1.49. The molecule has 3 rings (SSSR count). The van der Waals surface area contributed by atoms with Crippen molar-refractivity contribution in [3.8, 4) is 5.75 Å². The Morgan fingerprint density at radius 1 is 1.15 bits per heavy atom. The number of esters is 1. The predicted molar refractivity (Wildman–Crippen MR) is 141 cm³/mol. The van der Waals surface area contributed by atoms with Crippen molar-refractivity contribution in [2.75, 3.05) is 53.6 Å². The number of rotatable bonds is 8. The molecule has 1 heterocycles. The summed E-state index contributed by atoms with van der Waals surface area (Å²) in [4.78, 5) is 19.5. The number of methoxy groups -OCH3 is 2. The monoisotopic (exact) mass is 574 g/mol. The van der Waals surface area contributed by atoms with E-state index in [4.69, 9.17) is 19.2 Å². The number of hydrogen-bond donors (Lipinski definition) is 2. The fraction of sp³-hybridized carbons (Fsp3) is 0.667. The molecule has 1 aliphatic heterocycles. The van der Waals surface area contributed by atoms with E-state index in [2.05, 4.69) is 22.5 Å². The van der Waals surface area contributed by atoms with Crippen molar-refractivity contribution in [3.63, 3.8) is 0 Å². The van der Waals surface area contributed by atoms with Crippen LogP contribution in [0.2, 0.25) is 0 Å². The van der Waals surface area contributed by atoms with Crippen molar-refractivity contribution in [1.29, 1.82) is 0 Å². The van der Waals surface area contributed by atoms with Gasteiger partial charge in [0.25, 0.3) is 0 Å². The van der Waals surface area contributed by atoms with Gasteiger partial charge in [-0.1, -0.05) is 25.3 Å². The number of nitrogens with zero attached hydrogens (tertiary/aromatic N) is 2. The minimum atomic E-state index is -0.414. The van der Waals surface area contributed by atoms with Crippen LogP contribution in [0.1, 0.15) is 54.9 Å². The van der Waals surface area contributed by atoms with Crippen molar-refractivity contribution in [2.24, 2.45) is 4.99 Å². The first-order valence-electron chi connectivity index (χ1n) is 11.7. The molecule has 0 radical (unpaired) electrons. The summed E-state index contributed by atoms with van der Waals surface area (Å²) in [6.45, 7) is 7.80. The molecule has 1 saturated heterocycles. The first-order valence-corrected chi connectivity index (χ1v) is 11.7. The first-order chi connectivity index (χ1) is 15.6. The zero-order valence-electron chi connectivity index (χ0n) is 20.2. The lowest BCUT2D eigenvalue weighted by molar-refractivity contribution is -0.0352. The van der Waals surface area contributed by atoms with Crippen molar-refractivity contribution in [3.05, 3.63) is 29.3 Å². The van der Waals surface area contributed by atoms with E-state index in [0.717, 1.165) is 50.9 Å². The number of benzene rings is 1. The van der Waals surface area contributed by atoms with Gasteiger partial charge in [-0.2, -0.15) is 0 Å². The molecule has 0 bridgehead atoms. The highest BCUT2D eigenvalue weighted by molar-refractivity contribution is 14.0. The van der Waals surface area contributed by atoms with Crippen molar-refractivity contribution < 1.29 is 19.0 Å². The maximum atomic E-state index is 12.1. The number of aliphatic imine (C=N–C) groups is 1. The molecule has 1 aliphatic carbocycles. The van der Waals surface area contributed by atoms with Crippen LogP contribution in [0.3, 0.4) is 0 Å². The Labute approximate surface area is 214 Å². The molecule has 0 aromatic heterocycles. The summed E-state index contributed by atoms with van der Waals surface area (Å²) in [5, 5.41) is 6.97. The van der Waals surface area contributed by atoms with Crippen LogP contribution in [0.5, 0.6) is 5.75 Å². The summed E-state index contributed by atoms with van der Waals surface area (Å²) in [6.07, 6.45) is 6.28. The number of nitrogens with one attached hydrogen (secondary N) is 2. The number of ether oxygens (including phenoxy) is 3. The molecular formula is C24H39IN4O4. The summed E-state index contributed by atoms with van der Waals surface area (Å²) in [6, 6.07) is 5.50. The van der Waals surface area contributed by atoms with E-state index in [1.807, 2.05) is 6.07 Å². The molecule has 0 spiro atoms. The van der Waals surface area contributed by atoms with Gasteiger partial charge in [-0.15, -0.1) is 24.0 Å². The lowest BCUT2D eigenvalue weighted by Gasteiger charge is -2.48. The molecule has 9 heteroatoms. The van der Waals surface area contributed by atoms with E-state index < -0.39 is 5.97 Å². The number of carbonyl (C=O) groups is 1. The largest absolute Gasteiger partial charge is 0.496 e. The molecule has 186 valence electrons. The van der Waals surface area contributed by atoms with E-state index >= 15 is 0 Å². The molecule has 2 aliphatic rings. The highest BCUT2D eigenvalue weighted by atomic mass is 127. The molecule has 1 aromatic rings. The molecule has 0 atom stereocenters. The standard InChI is InChI=1S/C24H38N4O4.HI/c1-4-25-23(26-17-19-8-9-21(30-2)20(16-19)22(29)31-3)27-18-24(10-6-5-7-11-24)28-12-14-32-15-13-28;/h8-9,16H,4-7,10-15,17-18H2,1-3H3,(H2,25,26,27);1H. The maximum Gasteiger partial charge on any atom is 0.341 e. The summed E-state index contributed by atoms with van der Waals surface area (Å²) < 4.78 is 15.8. The van der Waals surface area contributed by atoms with E-state index in [9.17, 15) is 4.79 Å². The molecule has 1 aromatic carbocycles. The van der Waals surface area contributed by atoms with Gasteiger partial charge in [-0.25, -0.2) is 9.79 Å². The zero-order valence-corrected chi connectivity index (χ0v) is 22.5. The Hall–Kier alpha value is -1.59. The van der Waals surface area contributed by atoms with Gasteiger partial charge in [0, 0.05) is 31.7 Å². The number of guanidine groups is 1. The summed E-state index contributed by atoms with van der Waals surface area (Å²) >= 11 is 0. The number of carbonyl (C=O) groups excluding carboxylic acids is 1. The fourth-order valence-electron chi connectivity index (χ4n) is 4.74. The van der Waals surface area contributed by atoms with E-state index in [1.54, 1.807) is 19.2 Å². The third-order valence-electron chi connectivity index (χ3n) is 6.48. The smallest absolute Gasteiger partial charge is 0.341 e. The van der Waals surface area contributed by atoms with E-state index in [1.165, 1.54) is 39.2 Å². The van der Waals surface area contributed by atoms with Gasteiger partial charge in [-0.05, 0) is 37.5 Å². The van der Waals surface area contributed by atoms with Crippen molar-refractivity contribution in [1.82, 2.24) is 15.5 Å². The number of hydrogen-bond acceptors (Lipinski definition) is 6. The van der Waals surface area contributed by atoms with E-state index in [-0.39, 0.29) is 29.5 Å².